The van der Waals surface area contributed by atoms with Crippen LogP contribution in [0.5, 0.6) is 5.75 Å². The summed E-state index contributed by atoms with van der Waals surface area (Å²) in [6.45, 7) is 2.95. The molecule has 2 aromatic heterocycles. The number of ether oxygens (including phenoxy) is 2. The lowest BCUT2D eigenvalue weighted by Crippen LogP contribution is -2.44. The molecule has 1 aromatic carbocycles. The van der Waals surface area contributed by atoms with Crippen molar-refractivity contribution in [1.29, 1.82) is 0 Å². The third-order valence-electron chi connectivity index (χ3n) is 6.72. The van der Waals surface area contributed by atoms with E-state index in [9.17, 15) is 18.3 Å². The fourth-order valence-corrected chi connectivity index (χ4v) is 4.63. The normalized spacial score (nSPS) is 19.3. The maximum absolute atomic E-state index is 12.5. The zero-order valence-electron chi connectivity index (χ0n) is 21.4. The molecular weight excluding hydrogens is 489 g/mol. The molecule has 0 radical (unpaired) electrons. The van der Waals surface area contributed by atoms with Crippen molar-refractivity contribution >= 4 is 22.5 Å². The lowest BCUT2D eigenvalue weighted by atomic mass is 9.93. The van der Waals surface area contributed by atoms with Gasteiger partial charge in [0.2, 0.25) is 0 Å². The van der Waals surface area contributed by atoms with Gasteiger partial charge in [-0.05, 0) is 39.0 Å². The van der Waals surface area contributed by atoms with Crippen LogP contribution in [0.4, 0.5) is 24.7 Å². The predicted octanol–water partition coefficient (Wildman–Crippen LogP) is 4.06. The summed E-state index contributed by atoms with van der Waals surface area (Å²) in [7, 11) is 3.60. The number of aliphatic hydroxyl groups excluding tert-OH is 1. The van der Waals surface area contributed by atoms with Crippen LogP contribution in [0.1, 0.15) is 37.8 Å². The Morgan fingerprint density at radius 2 is 1.95 bits per heavy atom. The molecule has 4 rings (SSSR count). The fraction of sp³-hybridized carbons (Fsp3) is 0.600. The van der Waals surface area contributed by atoms with Gasteiger partial charge in [0.25, 0.3) is 0 Å². The molecule has 3 aromatic rings. The van der Waals surface area contributed by atoms with Crippen molar-refractivity contribution in [3.8, 4) is 5.75 Å². The van der Waals surface area contributed by atoms with Crippen molar-refractivity contribution < 1.29 is 27.8 Å². The lowest BCUT2D eigenvalue weighted by Gasteiger charge is -2.30. The SMILES string of the molecule is COCCCn1nc(Nc2cc(O[C@H]3CC[C@@H](NCC(O)C(F)(F)F)CC3)cc3c2ncn3C)cc1C. The average molecular weight is 525 g/mol. The van der Waals surface area contributed by atoms with Crippen molar-refractivity contribution in [1.82, 2.24) is 24.6 Å². The quantitative estimate of drug-likeness (QED) is 0.326. The van der Waals surface area contributed by atoms with E-state index in [1.807, 2.05) is 41.4 Å². The smallest absolute Gasteiger partial charge is 0.415 e. The number of aromatic nitrogens is 4. The summed E-state index contributed by atoms with van der Waals surface area (Å²) >= 11 is 0. The summed E-state index contributed by atoms with van der Waals surface area (Å²) in [5.74, 6) is 1.41. The number of aryl methyl sites for hydroxylation is 3. The van der Waals surface area contributed by atoms with Crippen LogP contribution < -0.4 is 15.4 Å². The summed E-state index contributed by atoms with van der Waals surface area (Å²) in [4.78, 5) is 4.54. The van der Waals surface area contributed by atoms with Crippen LogP contribution in [-0.4, -0.2) is 69.1 Å². The molecule has 1 saturated carbocycles. The van der Waals surface area contributed by atoms with E-state index in [1.165, 1.54) is 0 Å². The molecule has 0 amide bonds. The Balaban J connectivity index is 1.41. The van der Waals surface area contributed by atoms with E-state index >= 15 is 0 Å². The number of aliphatic hydroxyl groups is 1. The minimum absolute atomic E-state index is 0.0497. The molecule has 3 N–H and O–H groups in total. The topological polar surface area (TPSA) is 98.4 Å². The van der Waals surface area contributed by atoms with Crippen LogP contribution in [-0.2, 0) is 18.3 Å². The molecule has 1 fully saturated rings. The first-order valence-corrected chi connectivity index (χ1v) is 12.5. The fourth-order valence-electron chi connectivity index (χ4n) is 4.63. The number of hydrogen-bond acceptors (Lipinski definition) is 7. The summed E-state index contributed by atoms with van der Waals surface area (Å²) in [6, 6.07) is 5.78. The number of fused-ring (bicyclic) bond motifs is 1. The molecule has 1 aliphatic rings. The number of alkyl halides is 3. The average Bonchev–Trinajstić information content (AvgIpc) is 3.40. The first kappa shape index (κ1) is 27.2. The molecule has 1 aliphatic carbocycles. The summed E-state index contributed by atoms with van der Waals surface area (Å²) in [6.07, 6.45) is -1.63. The van der Waals surface area contributed by atoms with Crippen LogP contribution in [0.25, 0.3) is 11.0 Å². The van der Waals surface area contributed by atoms with Crippen LogP contribution in [0.15, 0.2) is 24.5 Å². The van der Waals surface area contributed by atoms with Crippen molar-refractivity contribution in [3.63, 3.8) is 0 Å². The second-order valence-corrected chi connectivity index (χ2v) is 9.62. The number of hydrogen-bond donors (Lipinski definition) is 3. The Hall–Kier alpha value is -2.83. The van der Waals surface area contributed by atoms with Crippen LogP contribution in [0, 0.1) is 6.92 Å². The van der Waals surface area contributed by atoms with E-state index in [2.05, 4.69) is 20.7 Å². The van der Waals surface area contributed by atoms with E-state index in [0.29, 0.717) is 43.9 Å². The first-order chi connectivity index (χ1) is 17.6. The second kappa shape index (κ2) is 11.7. The highest BCUT2D eigenvalue weighted by molar-refractivity contribution is 5.91. The maximum Gasteiger partial charge on any atom is 0.415 e. The molecule has 0 spiro atoms. The molecule has 1 atom stereocenters. The standard InChI is InChI=1S/C25H35F3N6O3/c1-16-11-23(32-34(16)9-4-10-36-3)31-20-12-19(13-21-24(20)30-15-33(21)2)37-18-7-5-17(6-8-18)29-14-22(35)25(26,27)28/h11-13,15,17-18,22,29,35H,4-10,14H2,1-3H3,(H,31,32)/t17-,18+,22?. The lowest BCUT2D eigenvalue weighted by molar-refractivity contribution is -0.202. The molecule has 9 nitrogen and oxygen atoms in total. The molecule has 37 heavy (non-hydrogen) atoms. The third-order valence-corrected chi connectivity index (χ3v) is 6.72. The van der Waals surface area contributed by atoms with Gasteiger partial charge in [-0.3, -0.25) is 4.68 Å². The largest absolute Gasteiger partial charge is 0.490 e. The van der Waals surface area contributed by atoms with Crippen molar-refractivity contribution in [2.45, 2.75) is 70.0 Å². The number of imidazole rings is 1. The molecule has 204 valence electrons. The Labute approximate surface area is 214 Å². The van der Waals surface area contributed by atoms with Crippen molar-refractivity contribution in [2.75, 3.05) is 25.6 Å². The number of halogens is 3. The summed E-state index contributed by atoms with van der Waals surface area (Å²) < 4.78 is 53.0. The molecule has 0 bridgehead atoms. The van der Waals surface area contributed by atoms with Gasteiger partial charge in [-0.1, -0.05) is 0 Å². The second-order valence-electron chi connectivity index (χ2n) is 9.62. The number of nitrogens with one attached hydrogen (secondary N) is 2. The Kier molecular flexibility index (Phi) is 8.60. The van der Waals surface area contributed by atoms with E-state index in [1.54, 1.807) is 13.4 Å². The van der Waals surface area contributed by atoms with Crippen molar-refractivity contribution in [3.05, 3.63) is 30.2 Å². The first-order valence-electron chi connectivity index (χ1n) is 12.5. The summed E-state index contributed by atoms with van der Waals surface area (Å²) in [5.41, 5.74) is 3.54. The van der Waals surface area contributed by atoms with E-state index in [4.69, 9.17) is 9.47 Å². The highest BCUT2D eigenvalue weighted by atomic mass is 19.4. The number of anilines is 2. The van der Waals surface area contributed by atoms with Gasteiger partial charge in [-0.2, -0.15) is 18.3 Å². The zero-order chi connectivity index (χ0) is 26.6. The van der Waals surface area contributed by atoms with Gasteiger partial charge in [-0.25, -0.2) is 4.98 Å². The van der Waals surface area contributed by atoms with Crippen LogP contribution in [0.2, 0.25) is 0 Å². The van der Waals surface area contributed by atoms with E-state index in [-0.39, 0.29) is 12.1 Å². The van der Waals surface area contributed by atoms with Gasteiger partial charge in [0, 0.05) is 63.8 Å². The van der Waals surface area contributed by atoms with Gasteiger partial charge in [0.05, 0.1) is 23.6 Å². The minimum Gasteiger partial charge on any atom is -0.490 e. The highest BCUT2D eigenvalue weighted by Crippen LogP contribution is 2.33. The number of rotatable bonds is 11. The van der Waals surface area contributed by atoms with Gasteiger partial charge in [0.15, 0.2) is 11.9 Å². The van der Waals surface area contributed by atoms with Crippen LogP contribution >= 0.6 is 0 Å². The summed E-state index contributed by atoms with van der Waals surface area (Å²) in [5, 5.41) is 20.1. The van der Waals surface area contributed by atoms with E-state index in [0.717, 1.165) is 35.4 Å². The highest BCUT2D eigenvalue weighted by Gasteiger charge is 2.38. The predicted molar refractivity (Wildman–Crippen MR) is 134 cm³/mol. The monoisotopic (exact) mass is 524 g/mol. The zero-order valence-corrected chi connectivity index (χ0v) is 21.4. The maximum atomic E-state index is 12.5. The minimum atomic E-state index is -4.61. The van der Waals surface area contributed by atoms with Crippen LogP contribution in [0.3, 0.4) is 0 Å². The molecule has 0 saturated heterocycles. The molecule has 2 heterocycles. The van der Waals surface area contributed by atoms with Gasteiger partial charge in [0.1, 0.15) is 11.3 Å². The molecule has 12 heteroatoms. The van der Waals surface area contributed by atoms with E-state index < -0.39 is 18.8 Å². The van der Waals surface area contributed by atoms with Gasteiger partial charge < -0.3 is 29.8 Å². The molecule has 0 aliphatic heterocycles. The third kappa shape index (κ3) is 6.93. The molecule has 1 unspecified atom stereocenters. The number of benzene rings is 1. The van der Waals surface area contributed by atoms with Crippen molar-refractivity contribution in [2.24, 2.45) is 7.05 Å². The molecular formula is C25H35F3N6O3. The Bertz CT molecular complexity index is 1170. The number of nitrogens with zero attached hydrogens (tertiary/aromatic N) is 4. The Morgan fingerprint density at radius 1 is 1.19 bits per heavy atom. The Morgan fingerprint density at radius 3 is 2.65 bits per heavy atom. The van der Waals surface area contributed by atoms with Gasteiger partial charge >= 0.3 is 6.18 Å². The number of methoxy groups -OCH3 is 1. The van der Waals surface area contributed by atoms with Gasteiger partial charge in [-0.15, -0.1) is 0 Å².